The molecule has 1 aromatic heterocycles. The summed E-state index contributed by atoms with van der Waals surface area (Å²) < 4.78 is 5.71. The number of ether oxygens (including phenoxy) is 1. The van der Waals surface area contributed by atoms with E-state index in [0.717, 1.165) is 12.1 Å². The number of nitrogens with two attached hydrogens (primary N) is 1. The van der Waals surface area contributed by atoms with Gasteiger partial charge in [0.25, 0.3) is 5.91 Å². The molecule has 0 aliphatic carbocycles. The highest BCUT2D eigenvalue weighted by Gasteiger charge is 2.18. The molecule has 3 aromatic rings. The number of hydrogen-bond acceptors (Lipinski definition) is 5. The Bertz CT molecular complexity index is 983. The number of thiazole rings is 1. The molecule has 0 spiro atoms. The predicted molar refractivity (Wildman–Crippen MR) is 110 cm³/mol. The Morgan fingerprint density at radius 1 is 1.14 bits per heavy atom. The number of carbonyl (C=O) groups is 2. The lowest BCUT2D eigenvalue weighted by Gasteiger charge is -2.18. The fraction of sp³-hybridized carbons (Fsp3) is 0.190. The average Bonchev–Trinajstić information content (AvgIpc) is 3.15. The van der Waals surface area contributed by atoms with E-state index in [4.69, 9.17) is 10.5 Å². The molecule has 0 bridgehead atoms. The Balaban J connectivity index is 1.78. The minimum atomic E-state index is -0.548. The van der Waals surface area contributed by atoms with E-state index in [1.54, 1.807) is 29.2 Å². The number of nitrogens with zero attached hydrogens (tertiary/aromatic N) is 2. The number of benzene rings is 2. The maximum Gasteiger partial charge on any atom is 0.252 e. The topological polar surface area (TPSA) is 85.5 Å². The van der Waals surface area contributed by atoms with Gasteiger partial charge in [-0.3, -0.25) is 14.5 Å². The highest BCUT2D eigenvalue weighted by Crippen LogP contribution is 2.30. The summed E-state index contributed by atoms with van der Waals surface area (Å²) in [6, 6.07) is 14.6. The lowest BCUT2D eigenvalue weighted by molar-refractivity contribution is -0.115. The van der Waals surface area contributed by atoms with Crippen LogP contribution in [0.2, 0.25) is 0 Å². The van der Waals surface area contributed by atoms with Crippen molar-refractivity contribution >= 4 is 34.0 Å². The normalized spacial score (nSPS) is 10.5. The molecule has 1 heterocycles. The van der Waals surface area contributed by atoms with E-state index < -0.39 is 5.91 Å². The first-order valence-corrected chi connectivity index (χ1v) is 9.73. The second-order valence-electron chi connectivity index (χ2n) is 6.14. The number of carbonyl (C=O) groups excluding carboxylic acids is 2. The van der Waals surface area contributed by atoms with Crippen LogP contribution in [-0.2, 0) is 17.8 Å². The van der Waals surface area contributed by atoms with E-state index in [-0.39, 0.29) is 12.5 Å². The van der Waals surface area contributed by atoms with E-state index in [0.29, 0.717) is 22.1 Å². The molecule has 3 rings (SSSR count). The third-order valence-corrected chi connectivity index (χ3v) is 5.05. The highest BCUT2D eigenvalue weighted by molar-refractivity contribution is 7.14. The molecule has 0 radical (unpaired) electrons. The number of hydrogen-bond donors (Lipinski definition) is 1. The van der Waals surface area contributed by atoms with Crippen molar-refractivity contribution in [3.8, 4) is 5.75 Å². The fourth-order valence-electron chi connectivity index (χ4n) is 2.72. The summed E-state index contributed by atoms with van der Waals surface area (Å²) in [7, 11) is 0. The maximum absolute atomic E-state index is 12.2. The maximum atomic E-state index is 12.2. The number of para-hydroxylation sites is 1. The van der Waals surface area contributed by atoms with Crippen LogP contribution in [0, 0.1) is 0 Å². The smallest absolute Gasteiger partial charge is 0.252 e. The first-order valence-electron chi connectivity index (χ1n) is 8.85. The van der Waals surface area contributed by atoms with Gasteiger partial charge in [0.15, 0.2) is 5.13 Å². The van der Waals surface area contributed by atoms with Gasteiger partial charge in [0, 0.05) is 12.3 Å². The van der Waals surface area contributed by atoms with Gasteiger partial charge in [-0.05, 0) is 36.2 Å². The first kappa shape index (κ1) is 19.6. The summed E-state index contributed by atoms with van der Waals surface area (Å²) in [6.07, 6.45) is 0.936. The van der Waals surface area contributed by atoms with Crippen molar-refractivity contribution in [2.45, 2.75) is 26.9 Å². The summed E-state index contributed by atoms with van der Waals surface area (Å²) in [6.45, 7) is 3.76. The van der Waals surface area contributed by atoms with Crippen LogP contribution in [0.4, 0.5) is 10.8 Å². The van der Waals surface area contributed by atoms with Gasteiger partial charge in [0.1, 0.15) is 12.4 Å². The summed E-state index contributed by atoms with van der Waals surface area (Å²) in [5, 5.41) is 2.40. The Morgan fingerprint density at radius 3 is 2.50 bits per heavy atom. The fourth-order valence-corrected chi connectivity index (χ4v) is 3.59. The molecule has 0 unspecified atom stereocenters. The summed E-state index contributed by atoms with van der Waals surface area (Å²) in [4.78, 5) is 29.8. The van der Waals surface area contributed by atoms with E-state index in [1.165, 1.54) is 23.8 Å². The van der Waals surface area contributed by atoms with E-state index in [9.17, 15) is 9.59 Å². The molecule has 28 heavy (non-hydrogen) atoms. The van der Waals surface area contributed by atoms with Crippen LogP contribution in [0.5, 0.6) is 5.75 Å². The lowest BCUT2D eigenvalue weighted by Crippen LogP contribution is -2.22. The van der Waals surface area contributed by atoms with Gasteiger partial charge in [-0.15, -0.1) is 11.3 Å². The van der Waals surface area contributed by atoms with Crippen LogP contribution < -0.4 is 15.4 Å². The van der Waals surface area contributed by atoms with Crippen molar-refractivity contribution in [1.29, 1.82) is 0 Å². The highest BCUT2D eigenvalue weighted by atomic mass is 32.1. The molecule has 6 nitrogen and oxygen atoms in total. The number of amides is 2. The standard InChI is InChI=1S/C21H21N3O3S/c1-3-15-8-10-17(11-9-15)24(14(2)25)21-23-16(13-28-21)12-27-19-7-5-4-6-18(19)20(22)26/h4-11,13H,3,12H2,1-2H3,(H2,22,26). The zero-order valence-electron chi connectivity index (χ0n) is 15.7. The van der Waals surface area contributed by atoms with Gasteiger partial charge in [-0.25, -0.2) is 4.98 Å². The third-order valence-electron chi connectivity index (χ3n) is 4.18. The SMILES string of the molecule is CCc1ccc(N(C(C)=O)c2nc(COc3ccccc3C(N)=O)cs2)cc1. The van der Waals surface area contributed by atoms with Crippen molar-refractivity contribution < 1.29 is 14.3 Å². The molecule has 144 valence electrons. The predicted octanol–water partition coefficient (Wildman–Crippen LogP) is 4.07. The van der Waals surface area contributed by atoms with Crippen LogP contribution in [-0.4, -0.2) is 16.8 Å². The second-order valence-corrected chi connectivity index (χ2v) is 6.98. The summed E-state index contributed by atoms with van der Waals surface area (Å²) >= 11 is 1.36. The molecule has 0 saturated heterocycles. The molecule has 0 aliphatic heterocycles. The average molecular weight is 395 g/mol. The molecule has 2 aromatic carbocycles. The van der Waals surface area contributed by atoms with Crippen molar-refractivity contribution in [3.05, 3.63) is 70.7 Å². The molecular formula is C21H21N3O3S. The van der Waals surface area contributed by atoms with Gasteiger partial charge in [-0.1, -0.05) is 31.2 Å². The van der Waals surface area contributed by atoms with Crippen molar-refractivity contribution in [1.82, 2.24) is 4.98 Å². The first-order chi connectivity index (χ1) is 13.5. The lowest BCUT2D eigenvalue weighted by atomic mass is 10.1. The number of rotatable bonds is 7. The molecule has 0 fully saturated rings. The minimum Gasteiger partial charge on any atom is -0.486 e. The third kappa shape index (κ3) is 4.37. The zero-order chi connectivity index (χ0) is 20.1. The number of aromatic nitrogens is 1. The number of primary amides is 1. The van der Waals surface area contributed by atoms with Crippen LogP contribution >= 0.6 is 11.3 Å². The second kappa shape index (κ2) is 8.67. The Hall–Kier alpha value is -3.19. The summed E-state index contributed by atoms with van der Waals surface area (Å²) in [5.74, 6) is -0.263. The molecular weight excluding hydrogens is 374 g/mol. The van der Waals surface area contributed by atoms with Crippen LogP contribution in [0.3, 0.4) is 0 Å². The van der Waals surface area contributed by atoms with E-state index >= 15 is 0 Å². The minimum absolute atomic E-state index is 0.120. The van der Waals surface area contributed by atoms with Crippen molar-refractivity contribution in [2.75, 3.05) is 4.90 Å². The van der Waals surface area contributed by atoms with Gasteiger partial charge < -0.3 is 10.5 Å². The van der Waals surface area contributed by atoms with Gasteiger partial charge in [0.05, 0.1) is 16.9 Å². The largest absolute Gasteiger partial charge is 0.486 e. The monoisotopic (exact) mass is 395 g/mol. The van der Waals surface area contributed by atoms with Crippen molar-refractivity contribution in [2.24, 2.45) is 5.73 Å². The van der Waals surface area contributed by atoms with Crippen LogP contribution in [0.25, 0.3) is 0 Å². The van der Waals surface area contributed by atoms with Crippen LogP contribution in [0.15, 0.2) is 53.9 Å². The Kier molecular flexibility index (Phi) is 6.06. The van der Waals surface area contributed by atoms with E-state index in [2.05, 4.69) is 11.9 Å². The molecule has 0 atom stereocenters. The van der Waals surface area contributed by atoms with Gasteiger partial charge in [-0.2, -0.15) is 0 Å². The molecule has 0 saturated carbocycles. The Labute approximate surface area is 167 Å². The van der Waals surface area contributed by atoms with Gasteiger partial charge in [0.2, 0.25) is 5.91 Å². The molecule has 2 N–H and O–H groups in total. The van der Waals surface area contributed by atoms with Crippen molar-refractivity contribution in [3.63, 3.8) is 0 Å². The Morgan fingerprint density at radius 2 is 1.86 bits per heavy atom. The van der Waals surface area contributed by atoms with Gasteiger partial charge >= 0.3 is 0 Å². The molecule has 7 heteroatoms. The molecule has 0 aliphatic rings. The van der Waals surface area contributed by atoms with Crippen LogP contribution in [0.1, 0.15) is 35.5 Å². The number of aryl methyl sites for hydroxylation is 1. The number of anilines is 2. The summed E-state index contributed by atoms with van der Waals surface area (Å²) in [5.41, 5.74) is 8.32. The zero-order valence-corrected chi connectivity index (χ0v) is 16.5. The molecule has 2 amide bonds. The quantitative estimate of drug-likeness (QED) is 0.653. The van der Waals surface area contributed by atoms with E-state index in [1.807, 2.05) is 29.6 Å².